The number of para-hydroxylation sites is 1. The Labute approximate surface area is 145 Å². The third-order valence-electron chi connectivity index (χ3n) is 3.71. The van der Waals surface area contributed by atoms with Crippen LogP contribution in [0, 0.1) is 6.92 Å². The molecule has 0 saturated heterocycles. The minimum absolute atomic E-state index is 0.0981. The van der Waals surface area contributed by atoms with Crippen molar-refractivity contribution in [1.82, 2.24) is 9.38 Å². The van der Waals surface area contributed by atoms with Gasteiger partial charge in [0.05, 0.1) is 23.3 Å². The number of nitrogens with zero attached hydrogens (tertiary/aromatic N) is 2. The van der Waals surface area contributed by atoms with Gasteiger partial charge in [-0.1, -0.05) is 24.3 Å². The van der Waals surface area contributed by atoms with Crippen LogP contribution in [0.4, 0.5) is 0 Å². The van der Waals surface area contributed by atoms with Gasteiger partial charge in [0, 0.05) is 28.3 Å². The molecule has 0 radical (unpaired) electrons. The van der Waals surface area contributed by atoms with E-state index in [1.54, 1.807) is 0 Å². The molecule has 3 aromatic rings. The standard InChI is InChI=1S/C19H22N2O2S/c1-14(2)23-18-9-5-4-8-16(18)12-24(22)13-17-11-21-15(3)7-6-10-19(21)20-17/h4-11,14H,12-13H2,1-3H3/t24-/m0/s1. The van der Waals surface area contributed by atoms with Gasteiger partial charge >= 0.3 is 0 Å². The summed E-state index contributed by atoms with van der Waals surface area (Å²) in [5, 5.41) is 0. The first-order valence-electron chi connectivity index (χ1n) is 8.06. The van der Waals surface area contributed by atoms with E-state index in [1.807, 2.05) is 73.8 Å². The van der Waals surface area contributed by atoms with Gasteiger partial charge in [-0.3, -0.25) is 4.21 Å². The molecule has 0 fully saturated rings. The smallest absolute Gasteiger partial charge is 0.137 e. The Morgan fingerprint density at radius 3 is 2.67 bits per heavy atom. The number of fused-ring (bicyclic) bond motifs is 1. The minimum atomic E-state index is -1.04. The SMILES string of the molecule is Cc1cccc2nc(C[S@@](=O)Cc3ccccc3OC(C)C)cn12. The third-order valence-corrected chi connectivity index (χ3v) is 4.96. The van der Waals surface area contributed by atoms with Crippen LogP contribution in [0.15, 0.2) is 48.7 Å². The van der Waals surface area contributed by atoms with Crippen LogP contribution in [-0.2, 0) is 22.3 Å². The van der Waals surface area contributed by atoms with Crippen LogP contribution < -0.4 is 4.74 Å². The minimum Gasteiger partial charge on any atom is -0.491 e. The van der Waals surface area contributed by atoms with Crippen molar-refractivity contribution in [2.45, 2.75) is 38.4 Å². The van der Waals surface area contributed by atoms with E-state index in [4.69, 9.17) is 4.74 Å². The average Bonchev–Trinajstić information content (AvgIpc) is 2.92. The number of hydrogen-bond acceptors (Lipinski definition) is 3. The molecule has 3 rings (SSSR count). The number of pyridine rings is 1. The third kappa shape index (κ3) is 3.85. The molecule has 0 amide bonds. The fourth-order valence-electron chi connectivity index (χ4n) is 2.65. The lowest BCUT2D eigenvalue weighted by molar-refractivity contribution is 0.240. The summed E-state index contributed by atoms with van der Waals surface area (Å²) in [4.78, 5) is 4.56. The van der Waals surface area contributed by atoms with Gasteiger partial charge in [0.15, 0.2) is 0 Å². The van der Waals surface area contributed by atoms with E-state index in [1.165, 1.54) is 0 Å². The number of ether oxygens (including phenoxy) is 1. The van der Waals surface area contributed by atoms with Crippen molar-refractivity contribution in [2.75, 3.05) is 0 Å². The average molecular weight is 342 g/mol. The zero-order valence-electron chi connectivity index (χ0n) is 14.2. The van der Waals surface area contributed by atoms with Gasteiger partial charge < -0.3 is 9.14 Å². The highest BCUT2D eigenvalue weighted by atomic mass is 32.2. The van der Waals surface area contributed by atoms with E-state index < -0.39 is 10.8 Å². The van der Waals surface area contributed by atoms with Crippen molar-refractivity contribution in [3.8, 4) is 5.75 Å². The molecule has 2 aromatic heterocycles. The van der Waals surface area contributed by atoms with Crippen LogP contribution in [-0.4, -0.2) is 19.7 Å². The van der Waals surface area contributed by atoms with E-state index >= 15 is 0 Å². The maximum absolute atomic E-state index is 12.6. The highest BCUT2D eigenvalue weighted by Crippen LogP contribution is 2.22. The predicted molar refractivity (Wildman–Crippen MR) is 97.7 cm³/mol. The highest BCUT2D eigenvalue weighted by molar-refractivity contribution is 7.83. The van der Waals surface area contributed by atoms with Gasteiger partial charge in [-0.05, 0) is 39.0 Å². The summed E-state index contributed by atoms with van der Waals surface area (Å²) in [5.74, 6) is 1.72. The second-order valence-corrected chi connectivity index (χ2v) is 7.59. The van der Waals surface area contributed by atoms with Crippen LogP contribution in [0.1, 0.15) is 30.8 Å². The highest BCUT2D eigenvalue weighted by Gasteiger charge is 2.11. The van der Waals surface area contributed by atoms with Crippen molar-refractivity contribution >= 4 is 16.4 Å². The first kappa shape index (κ1) is 16.7. The van der Waals surface area contributed by atoms with Crippen LogP contribution in [0.2, 0.25) is 0 Å². The summed E-state index contributed by atoms with van der Waals surface area (Å²) in [7, 11) is -1.04. The Morgan fingerprint density at radius 1 is 1.12 bits per heavy atom. The summed E-state index contributed by atoms with van der Waals surface area (Å²) < 4.78 is 20.4. The molecular weight excluding hydrogens is 320 g/mol. The van der Waals surface area contributed by atoms with E-state index in [-0.39, 0.29) is 6.10 Å². The molecule has 0 aliphatic carbocycles. The van der Waals surface area contributed by atoms with Crippen molar-refractivity contribution in [1.29, 1.82) is 0 Å². The monoisotopic (exact) mass is 342 g/mol. The first-order chi connectivity index (χ1) is 11.5. The van der Waals surface area contributed by atoms with E-state index in [0.29, 0.717) is 11.5 Å². The molecule has 0 bridgehead atoms. The Hall–Kier alpha value is -2.14. The van der Waals surface area contributed by atoms with Gasteiger partial charge in [0.1, 0.15) is 11.4 Å². The Bertz CT molecular complexity index is 871. The molecule has 2 heterocycles. The van der Waals surface area contributed by atoms with Gasteiger partial charge in [0.2, 0.25) is 0 Å². The van der Waals surface area contributed by atoms with Crippen molar-refractivity contribution in [2.24, 2.45) is 0 Å². The molecule has 0 aliphatic rings. The predicted octanol–water partition coefficient (Wildman–Crippen LogP) is 3.88. The molecule has 4 nitrogen and oxygen atoms in total. The van der Waals surface area contributed by atoms with Gasteiger partial charge in [0.25, 0.3) is 0 Å². The van der Waals surface area contributed by atoms with Crippen molar-refractivity contribution in [3.63, 3.8) is 0 Å². The number of imidazole rings is 1. The molecule has 1 aromatic carbocycles. The summed E-state index contributed by atoms with van der Waals surface area (Å²) >= 11 is 0. The number of aromatic nitrogens is 2. The summed E-state index contributed by atoms with van der Waals surface area (Å²) in [5.41, 5.74) is 3.84. The summed E-state index contributed by atoms with van der Waals surface area (Å²) in [6.45, 7) is 6.02. The molecule has 0 saturated carbocycles. The molecule has 0 aliphatic heterocycles. The van der Waals surface area contributed by atoms with Crippen molar-refractivity contribution in [3.05, 3.63) is 65.6 Å². The van der Waals surface area contributed by atoms with E-state index in [2.05, 4.69) is 4.98 Å². The largest absolute Gasteiger partial charge is 0.491 e. The van der Waals surface area contributed by atoms with Crippen LogP contribution >= 0.6 is 0 Å². The molecule has 0 N–H and O–H groups in total. The lowest BCUT2D eigenvalue weighted by atomic mass is 10.2. The molecule has 126 valence electrons. The van der Waals surface area contributed by atoms with Crippen molar-refractivity contribution < 1.29 is 8.95 Å². The maximum Gasteiger partial charge on any atom is 0.137 e. The van der Waals surface area contributed by atoms with Gasteiger partial charge in [-0.25, -0.2) is 4.98 Å². The van der Waals surface area contributed by atoms with E-state index in [9.17, 15) is 4.21 Å². The molecule has 1 atom stereocenters. The summed E-state index contributed by atoms with van der Waals surface area (Å²) in [6.07, 6.45) is 2.07. The fraction of sp³-hybridized carbons (Fsp3) is 0.316. The van der Waals surface area contributed by atoms with Gasteiger partial charge in [-0.15, -0.1) is 0 Å². The number of benzene rings is 1. The quantitative estimate of drug-likeness (QED) is 0.683. The Kier molecular flexibility index (Phi) is 5.00. The van der Waals surface area contributed by atoms with Gasteiger partial charge in [-0.2, -0.15) is 0 Å². The maximum atomic E-state index is 12.6. The normalized spacial score (nSPS) is 12.7. The molecular formula is C19H22N2O2S. The van der Waals surface area contributed by atoms with Crippen LogP contribution in [0.25, 0.3) is 5.65 Å². The number of hydrogen-bond donors (Lipinski definition) is 0. The Morgan fingerprint density at radius 2 is 1.92 bits per heavy atom. The van der Waals surface area contributed by atoms with E-state index in [0.717, 1.165) is 28.3 Å². The zero-order valence-corrected chi connectivity index (χ0v) is 15.0. The number of rotatable bonds is 6. The fourth-order valence-corrected chi connectivity index (χ4v) is 3.81. The van der Waals surface area contributed by atoms with Crippen LogP contribution in [0.5, 0.6) is 5.75 Å². The summed E-state index contributed by atoms with van der Waals surface area (Å²) in [6, 6.07) is 13.8. The first-order valence-corrected chi connectivity index (χ1v) is 9.55. The second kappa shape index (κ2) is 7.18. The molecule has 5 heteroatoms. The van der Waals surface area contributed by atoms with Crippen LogP contribution in [0.3, 0.4) is 0 Å². The topological polar surface area (TPSA) is 43.6 Å². The zero-order chi connectivity index (χ0) is 17.1. The lowest BCUT2D eigenvalue weighted by Gasteiger charge is -2.13. The molecule has 24 heavy (non-hydrogen) atoms. The Balaban J connectivity index is 1.74. The number of aryl methyl sites for hydroxylation is 1. The second-order valence-electron chi connectivity index (χ2n) is 6.13. The lowest BCUT2D eigenvalue weighted by Crippen LogP contribution is -2.09. The molecule has 0 unspecified atom stereocenters. The molecule has 0 spiro atoms.